The van der Waals surface area contributed by atoms with Crippen molar-refractivity contribution in [1.29, 1.82) is 0 Å². The summed E-state index contributed by atoms with van der Waals surface area (Å²) in [4.78, 5) is 72.9. The van der Waals surface area contributed by atoms with Gasteiger partial charge in [0.1, 0.15) is 19.3 Å². The van der Waals surface area contributed by atoms with Crippen LogP contribution in [0.4, 0.5) is 0 Å². The van der Waals surface area contributed by atoms with E-state index in [2.05, 4.69) is 41.5 Å². The first-order valence-electron chi connectivity index (χ1n) is 41.6. The first kappa shape index (κ1) is 97.1. The maximum absolute atomic E-state index is 13.1. The minimum atomic E-state index is -4.96. The van der Waals surface area contributed by atoms with Crippen LogP contribution < -0.4 is 0 Å². The Labute approximate surface area is 607 Å². The zero-order valence-corrected chi connectivity index (χ0v) is 66.6. The highest BCUT2D eigenvalue weighted by Gasteiger charge is 2.30. The summed E-state index contributed by atoms with van der Waals surface area (Å²) >= 11 is 0. The van der Waals surface area contributed by atoms with Gasteiger partial charge in [0.05, 0.1) is 26.4 Å². The number of phosphoric ester groups is 2. The summed E-state index contributed by atoms with van der Waals surface area (Å²) in [7, 11) is -9.92. The van der Waals surface area contributed by atoms with Crippen LogP contribution in [-0.2, 0) is 65.4 Å². The van der Waals surface area contributed by atoms with E-state index in [0.717, 1.165) is 102 Å². The minimum absolute atomic E-state index is 0.106. The smallest absolute Gasteiger partial charge is 0.462 e. The molecule has 0 aromatic rings. The lowest BCUT2D eigenvalue weighted by molar-refractivity contribution is -0.161. The summed E-state index contributed by atoms with van der Waals surface area (Å²) in [6, 6.07) is 0. The molecule has 0 saturated heterocycles. The van der Waals surface area contributed by atoms with Crippen LogP contribution in [0.15, 0.2) is 0 Å². The van der Waals surface area contributed by atoms with E-state index in [1.807, 2.05) is 0 Å². The van der Waals surface area contributed by atoms with Crippen LogP contribution in [0.5, 0.6) is 0 Å². The van der Waals surface area contributed by atoms with E-state index < -0.39 is 97.5 Å². The lowest BCUT2D eigenvalue weighted by atomic mass is 9.99. The molecule has 4 unspecified atom stereocenters. The SMILES string of the molecule is CCCCCCCCCCCCCCCCCCCCCCCCC(=O)O[C@H](COC(=O)CCCCCCCCCCCCC(C)CC)COP(=O)(O)OC[C@@H](O)COP(=O)(O)OC[C@@H](COC(=O)CCCCCCCCCCC)OC(=O)CCCCCCCCCCCCC(C)CC. The van der Waals surface area contributed by atoms with Gasteiger partial charge < -0.3 is 33.8 Å². The Hall–Kier alpha value is -1.94. The topological polar surface area (TPSA) is 237 Å². The molecule has 0 aromatic heterocycles. The van der Waals surface area contributed by atoms with Gasteiger partial charge in [0, 0.05) is 25.7 Å². The zero-order chi connectivity index (χ0) is 72.8. The predicted octanol–water partition coefficient (Wildman–Crippen LogP) is 23.9. The van der Waals surface area contributed by atoms with Gasteiger partial charge in [0.15, 0.2) is 12.2 Å². The van der Waals surface area contributed by atoms with Crippen LogP contribution in [0.1, 0.15) is 420 Å². The van der Waals surface area contributed by atoms with Gasteiger partial charge in [0.2, 0.25) is 0 Å². The molecule has 0 aliphatic heterocycles. The Kier molecular flexibility index (Phi) is 70.3. The number of ether oxygens (including phenoxy) is 4. The number of rotatable bonds is 79. The molecule has 0 aliphatic carbocycles. The number of hydrogen-bond donors (Lipinski definition) is 3. The third kappa shape index (κ3) is 71.5. The molecule has 0 fully saturated rings. The standard InChI is InChI=1S/C80H156O17P2/c1-7-11-13-15-17-19-20-21-22-23-24-25-26-27-28-29-30-31-40-46-52-58-64-79(84)96-76(69-91-78(83)63-57-51-45-39-34-32-37-42-48-54-60-72(5)9-3)71-95-99(88,89)93-67-74(81)66-92-98(86,87)94-70-75(68-90-77(82)62-56-50-44-36-18-16-14-12-8-2)97-80(85)65-59-53-47-41-35-33-38-43-49-55-61-73(6)10-4/h72-76,81H,7-71H2,1-6H3,(H,86,87)(H,88,89)/t72?,73?,74-,75+,76+/m0/s1. The monoisotopic (exact) mass is 1450 g/mol. The van der Waals surface area contributed by atoms with Gasteiger partial charge in [-0.2, -0.15) is 0 Å². The zero-order valence-electron chi connectivity index (χ0n) is 64.8. The number of aliphatic hydroxyl groups is 1. The van der Waals surface area contributed by atoms with E-state index >= 15 is 0 Å². The third-order valence-corrected chi connectivity index (χ3v) is 21.3. The van der Waals surface area contributed by atoms with Crippen molar-refractivity contribution in [3.63, 3.8) is 0 Å². The summed E-state index contributed by atoms with van der Waals surface area (Å²) < 4.78 is 68.6. The van der Waals surface area contributed by atoms with Gasteiger partial charge in [-0.05, 0) is 37.5 Å². The number of carbonyl (C=O) groups is 4. The van der Waals surface area contributed by atoms with Crippen LogP contribution in [-0.4, -0.2) is 96.7 Å². The molecule has 0 radical (unpaired) electrons. The van der Waals surface area contributed by atoms with Crippen molar-refractivity contribution < 1.29 is 80.2 Å². The first-order valence-corrected chi connectivity index (χ1v) is 44.6. The fraction of sp³-hybridized carbons (Fsp3) is 0.950. The maximum Gasteiger partial charge on any atom is 0.472 e. The van der Waals surface area contributed by atoms with Crippen molar-refractivity contribution in [2.75, 3.05) is 39.6 Å². The van der Waals surface area contributed by atoms with E-state index in [4.69, 9.17) is 37.0 Å². The molecular formula is C80H156O17P2. The molecule has 3 N–H and O–H groups in total. The summed E-state index contributed by atoms with van der Waals surface area (Å²) in [5, 5.41) is 10.6. The molecule has 0 aliphatic rings. The molecule has 17 nitrogen and oxygen atoms in total. The summed E-state index contributed by atoms with van der Waals surface area (Å²) in [6.07, 6.45) is 61.0. The van der Waals surface area contributed by atoms with Crippen molar-refractivity contribution in [3.8, 4) is 0 Å². The predicted molar refractivity (Wildman–Crippen MR) is 405 cm³/mol. The van der Waals surface area contributed by atoms with E-state index in [9.17, 15) is 43.2 Å². The van der Waals surface area contributed by atoms with Crippen molar-refractivity contribution in [2.24, 2.45) is 11.8 Å². The van der Waals surface area contributed by atoms with Gasteiger partial charge in [-0.15, -0.1) is 0 Å². The first-order chi connectivity index (χ1) is 47.9. The van der Waals surface area contributed by atoms with Gasteiger partial charge in [-0.1, -0.05) is 369 Å². The largest absolute Gasteiger partial charge is 0.472 e. The van der Waals surface area contributed by atoms with Gasteiger partial charge in [0.25, 0.3) is 0 Å². The van der Waals surface area contributed by atoms with Crippen molar-refractivity contribution >= 4 is 39.5 Å². The maximum atomic E-state index is 13.1. The molecule has 0 bridgehead atoms. The quantitative estimate of drug-likeness (QED) is 0.0222. The highest BCUT2D eigenvalue weighted by Crippen LogP contribution is 2.45. The van der Waals surface area contributed by atoms with Crippen LogP contribution in [0.2, 0.25) is 0 Å². The molecule has 0 aromatic carbocycles. The lowest BCUT2D eigenvalue weighted by Crippen LogP contribution is -2.30. The Balaban J connectivity index is 5.20. The molecule has 0 amide bonds. The molecule has 99 heavy (non-hydrogen) atoms. The Bertz CT molecular complexity index is 1910. The number of unbranched alkanes of at least 4 members (excludes halogenated alkanes) is 47. The normalized spacial score (nSPS) is 14.5. The molecule has 7 atom stereocenters. The summed E-state index contributed by atoms with van der Waals surface area (Å²) in [5.74, 6) is -0.500. The highest BCUT2D eigenvalue weighted by atomic mass is 31.2. The lowest BCUT2D eigenvalue weighted by Gasteiger charge is -2.21. The number of hydrogen-bond acceptors (Lipinski definition) is 15. The minimum Gasteiger partial charge on any atom is -0.462 e. The van der Waals surface area contributed by atoms with Crippen LogP contribution in [0.25, 0.3) is 0 Å². The molecular weight excluding hydrogens is 1290 g/mol. The number of esters is 4. The average Bonchev–Trinajstić information content (AvgIpc) is 1.03. The fourth-order valence-corrected chi connectivity index (χ4v) is 13.9. The van der Waals surface area contributed by atoms with Gasteiger partial charge in [-0.3, -0.25) is 37.3 Å². The van der Waals surface area contributed by atoms with E-state index in [1.54, 1.807) is 0 Å². The third-order valence-electron chi connectivity index (χ3n) is 19.4. The molecule has 0 saturated carbocycles. The van der Waals surface area contributed by atoms with E-state index in [0.29, 0.717) is 25.7 Å². The Morgan fingerprint density at radius 1 is 0.283 bits per heavy atom. The van der Waals surface area contributed by atoms with Gasteiger partial charge >= 0.3 is 39.5 Å². The average molecular weight is 1450 g/mol. The van der Waals surface area contributed by atoms with Gasteiger partial charge in [-0.25, -0.2) is 9.13 Å². The van der Waals surface area contributed by atoms with Crippen molar-refractivity contribution in [1.82, 2.24) is 0 Å². The molecule has 588 valence electrons. The number of phosphoric acid groups is 2. The molecule has 0 rings (SSSR count). The molecule has 0 spiro atoms. The Morgan fingerprint density at radius 3 is 0.717 bits per heavy atom. The van der Waals surface area contributed by atoms with E-state index in [-0.39, 0.29) is 25.7 Å². The second-order valence-electron chi connectivity index (χ2n) is 29.3. The number of carbonyl (C=O) groups excluding carboxylic acids is 4. The van der Waals surface area contributed by atoms with E-state index in [1.165, 1.54) is 238 Å². The van der Waals surface area contributed by atoms with Crippen LogP contribution in [0.3, 0.4) is 0 Å². The van der Waals surface area contributed by atoms with Crippen molar-refractivity contribution in [2.45, 2.75) is 439 Å². The number of aliphatic hydroxyl groups excluding tert-OH is 1. The fourth-order valence-electron chi connectivity index (χ4n) is 12.3. The van der Waals surface area contributed by atoms with Crippen molar-refractivity contribution in [3.05, 3.63) is 0 Å². The summed E-state index contributed by atoms with van der Waals surface area (Å²) in [6.45, 7) is 9.66. The summed E-state index contributed by atoms with van der Waals surface area (Å²) in [5.41, 5.74) is 0. The second-order valence-corrected chi connectivity index (χ2v) is 32.2. The second kappa shape index (κ2) is 71.7. The van der Waals surface area contributed by atoms with Crippen LogP contribution >= 0.6 is 15.6 Å². The van der Waals surface area contributed by atoms with Crippen LogP contribution in [0, 0.1) is 11.8 Å². The molecule has 19 heteroatoms. The highest BCUT2D eigenvalue weighted by molar-refractivity contribution is 7.47. The molecule has 0 heterocycles. The Morgan fingerprint density at radius 2 is 0.485 bits per heavy atom.